The van der Waals surface area contributed by atoms with E-state index in [0.717, 1.165) is 0 Å². The van der Waals surface area contributed by atoms with Gasteiger partial charge in [-0.05, 0) is 18.2 Å². The molecule has 0 amide bonds. The van der Waals surface area contributed by atoms with Crippen LogP contribution in [0.1, 0.15) is 16.2 Å². The number of benzene rings is 2. The fourth-order valence-corrected chi connectivity index (χ4v) is 2.23. The van der Waals surface area contributed by atoms with E-state index in [4.69, 9.17) is 16.3 Å². The van der Waals surface area contributed by atoms with E-state index in [0.29, 0.717) is 16.3 Å². The van der Waals surface area contributed by atoms with E-state index in [2.05, 4.69) is 14.7 Å². The van der Waals surface area contributed by atoms with Gasteiger partial charge >= 0.3 is 12.1 Å². The molecule has 0 aliphatic rings. The van der Waals surface area contributed by atoms with Gasteiger partial charge in [0.25, 0.3) is 0 Å². The number of hydrogen-bond acceptors (Lipinski definition) is 5. The molecule has 0 aliphatic carbocycles. The quantitative estimate of drug-likeness (QED) is 0.600. The predicted molar refractivity (Wildman–Crippen MR) is 86.0 cm³/mol. The van der Waals surface area contributed by atoms with Crippen LogP contribution in [-0.2, 0) is 6.18 Å². The van der Waals surface area contributed by atoms with Gasteiger partial charge in [0.2, 0.25) is 5.82 Å². The molecule has 1 aromatic heterocycles. The zero-order valence-electron chi connectivity index (χ0n) is 13.0. The van der Waals surface area contributed by atoms with Crippen LogP contribution in [0.25, 0.3) is 11.4 Å². The van der Waals surface area contributed by atoms with Crippen molar-refractivity contribution in [3.63, 3.8) is 0 Å². The Balaban J connectivity index is 1.67. The minimum Gasteiger partial charge on any atom is -0.485 e. The summed E-state index contributed by atoms with van der Waals surface area (Å²) in [6.45, 7) is -0.208. The summed E-state index contributed by atoms with van der Waals surface area (Å²) < 4.78 is 47.0. The van der Waals surface area contributed by atoms with Crippen LogP contribution >= 0.6 is 11.6 Å². The zero-order valence-corrected chi connectivity index (χ0v) is 13.7. The van der Waals surface area contributed by atoms with Gasteiger partial charge in [-0.1, -0.05) is 47.1 Å². The Morgan fingerprint density at radius 1 is 1.15 bits per heavy atom. The van der Waals surface area contributed by atoms with E-state index >= 15 is 0 Å². The maximum Gasteiger partial charge on any atom is 0.471 e. The van der Waals surface area contributed by atoms with Crippen LogP contribution in [0.5, 0.6) is 5.75 Å². The number of carbonyl (C=O) groups is 1. The lowest BCUT2D eigenvalue weighted by Crippen LogP contribution is -2.11. The Kier molecular flexibility index (Phi) is 4.94. The SMILES string of the molecule is O=C(COc1cccc(Cl)c1)c1ccc(-c2noc(C(F)(F)F)n2)cc1. The molecule has 0 spiro atoms. The maximum atomic E-state index is 12.5. The summed E-state index contributed by atoms with van der Waals surface area (Å²) in [5.74, 6) is -1.50. The summed E-state index contributed by atoms with van der Waals surface area (Å²) in [6, 6.07) is 12.4. The van der Waals surface area contributed by atoms with Gasteiger partial charge in [-0.15, -0.1) is 0 Å². The number of alkyl halides is 3. The van der Waals surface area contributed by atoms with Gasteiger partial charge in [-0.3, -0.25) is 4.79 Å². The highest BCUT2D eigenvalue weighted by Gasteiger charge is 2.38. The molecule has 0 atom stereocenters. The number of nitrogens with zero attached hydrogens (tertiary/aromatic N) is 2. The number of carbonyl (C=O) groups excluding carboxylic acids is 1. The van der Waals surface area contributed by atoms with Gasteiger partial charge < -0.3 is 9.26 Å². The Morgan fingerprint density at radius 2 is 1.88 bits per heavy atom. The monoisotopic (exact) mass is 382 g/mol. The predicted octanol–water partition coefficient (Wildman–Crippen LogP) is 4.67. The van der Waals surface area contributed by atoms with Crippen LogP contribution in [0.15, 0.2) is 53.1 Å². The molecule has 0 radical (unpaired) electrons. The summed E-state index contributed by atoms with van der Waals surface area (Å²) in [7, 11) is 0. The average Bonchev–Trinajstić information content (AvgIpc) is 3.10. The molecule has 0 unspecified atom stereocenters. The smallest absolute Gasteiger partial charge is 0.471 e. The van der Waals surface area contributed by atoms with Gasteiger partial charge in [-0.25, -0.2) is 0 Å². The highest BCUT2D eigenvalue weighted by Crippen LogP contribution is 2.29. The molecule has 1 heterocycles. The largest absolute Gasteiger partial charge is 0.485 e. The van der Waals surface area contributed by atoms with E-state index in [1.165, 1.54) is 24.3 Å². The molecule has 3 aromatic rings. The van der Waals surface area contributed by atoms with Crippen LogP contribution < -0.4 is 4.74 Å². The zero-order chi connectivity index (χ0) is 18.7. The molecular weight excluding hydrogens is 373 g/mol. The lowest BCUT2D eigenvalue weighted by atomic mass is 10.1. The Hall–Kier alpha value is -2.87. The molecule has 0 N–H and O–H groups in total. The number of ketones is 1. The van der Waals surface area contributed by atoms with Gasteiger partial charge in [0, 0.05) is 16.1 Å². The number of halogens is 4. The van der Waals surface area contributed by atoms with Crippen molar-refractivity contribution in [3.05, 3.63) is 65.0 Å². The lowest BCUT2D eigenvalue weighted by molar-refractivity contribution is -0.159. The van der Waals surface area contributed by atoms with Crippen LogP contribution in [0.3, 0.4) is 0 Å². The van der Waals surface area contributed by atoms with Crippen molar-refractivity contribution in [3.8, 4) is 17.1 Å². The molecule has 0 aliphatic heterocycles. The van der Waals surface area contributed by atoms with Crippen molar-refractivity contribution in [1.82, 2.24) is 10.1 Å². The van der Waals surface area contributed by atoms with E-state index in [-0.39, 0.29) is 23.8 Å². The van der Waals surface area contributed by atoms with Crippen molar-refractivity contribution in [2.24, 2.45) is 0 Å². The second kappa shape index (κ2) is 7.17. The van der Waals surface area contributed by atoms with Crippen molar-refractivity contribution in [2.75, 3.05) is 6.61 Å². The fraction of sp³-hybridized carbons (Fsp3) is 0.118. The van der Waals surface area contributed by atoms with Crippen LogP contribution in [0.4, 0.5) is 13.2 Å². The minimum absolute atomic E-state index is 0.208. The third kappa shape index (κ3) is 4.20. The Labute approximate surface area is 150 Å². The first-order valence-corrected chi connectivity index (χ1v) is 7.63. The molecule has 134 valence electrons. The van der Waals surface area contributed by atoms with E-state index < -0.39 is 12.1 Å². The third-order valence-corrected chi connectivity index (χ3v) is 3.53. The third-order valence-electron chi connectivity index (χ3n) is 3.30. The van der Waals surface area contributed by atoms with Gasteiger partial charge in [-0.2, -0.15) is 18.2 Å². The van der Waals surface area contributed by atoms with Crippen LogP contribution in [0.2, 0.25) is 5.02 Å². The highest BCUT2D eigenvalue weighted by atomic mass is 35.5. The first kappa shape index (κ1) is 17.9. The Bertz CT molecular complexity index is 924. The molecule has 2 aromatic carbocycles. The van der Waals surface area contributed by atoms with E-state index in [1.54, 1.807) is 24.3 Å². The molecule has 26 heavy (non-hydrogen) atoms. The standard InChI is InChI=1S/C17H10ClF3N2O3/c18-12-2-1-3-13(8-12)25-9-14(24)10-4-6-11(7-5-10)15-22-16(26-23-15)17(19,20)21/h1-8H,9H2. The number of aromatic nitrogens is 2. The molecule has 3 rings (SSSR count). The second-order valence-corrected chi connectivity index (χ2v) is 5.60. The maximum absolute atomic E-state index is 12.5. The first-order chi connectivity index (χ1) is 12.3. The van der Waals surface area contributed by atoms with Gasteiger partial charge in [0.1, 0.15) is 5.75 Å². The fourth-order valence-electron chi connectivity index (χ4n) is 2.05. The number of Topliss-reactive ketones (excluding diaryl/α,β-unsaturated/α-hetero) is 1. The second-order valence-electron chi connectivity index (χ2n) is 5.17. The summed E-state index contributed by atoms with van der Waals surface area (Å²) in [5, 5.41) is 3.77. The van der Waals surface area contributed by atoms with E-state index in [9.17, 15) is 18.0 Å². The minimum atomic E-state index is -4.71. The van der Waals surface area contributed by atoms with Crippen LogP contribution in [0, 0.1) is 0 Å². The molecule has 0 saturated carbocycles. The summed E-state index contributed by atoms with van der Waals surface area (Å²) in [6.07, 6.45) is -4.71. The molecule has 0 fully saturated rings. The molecular formula is C17H10ClF3N2O3. The Morgan fingerprint density at radius 3 is 2.50 bits per heavy atom. The van der Waals surface area contributed by atoms with Gasteiger partial charge in [0.15, 0.2) is 12.4 Å². The normalized spacial score (nSPS) is 11.4. The summed E-state index contributed by atoms with van der Waals surface area (Å²) >= 11 is 5.83. The van der Waals surface area contributed by atoms with Crippen molar-refractivity contribution in [2.45, 2.75) is 6.18 Å². The first-order valence-electron chi connectivity index (χ1n) is 7.26. The average molecular weight is 383 g/mol. The van der Waals surface area contributed by atoms with Crippen molar-refractivity contribution in [1.29, 1.82) is 0 Å². The molecule has 0 saturated heterocycles. The van der Waals surface area contributed by atoms with Crippen LogP contribution in [-0.4, -0.2) is 22.5 Å². The molecule has 5 nitrogen and oxygen atoms in total. The lowest BCUT2D eigenvalue weighted by Gasteiger charge is -2.06. The number of rotatable bonds is 5. The van der Waals surface area contributed by atoms with Crippen molar-refractivity contribution >= 4 is 17.4 Å². The number of ether oxygens (including phenoxy) is 1. The topological polar surface area (TPSA) is 65.2 Å². The van der Waals surface area contributed by atoms with Gasteiger partial charge in [0.05, 0.1) is 0 Å². The number of hydrogen-bond donors (Lipinski definition) is 0. The summed E-state index contributed by atoms with van der Waals surface area (Å²) in [5.41, 5.74) is 0.617. The molecule has 9 heteroatoms. The van der Waals surface area contributed by atoms with E-state index in [1.807, 2.05) is 0 Å². The van der Waals surface area contributed by atoms with Crippen molar-refractivity contribution < 1.29 is 27.2 Å². The molecule has 0 bridgehead atoms. The highest BCUT2D eigenvalue weighted by molar-refractivity contribution is 6.30. The summed E-state index contributed by atoms with van der Waals surface area (Å²) in [4.78, 5) is 15.4.